The van der Waals surface area contributed by atoms with Crippen LogP contribution in [0.4, 0.5) is 5.69 Å². The van der Waals surface area contributed by atoms with Crippen molar-refractivity contribution in [3.05, 3.63) is 54.1 Å². The fourth-order valence-corrected chi connectivity index (χ4v) is 4.47. The third-order valence-corrected chi connectivity index (χ3v) is 6.17. The van der Waals surface area contributed by atoms with E-state index < -0.39 is 23.5 Å². The third-order valence-electron chi connectivity index (χ3n) is 6.17. The largest absolute Gasteiger partial charge is 0.372 e. The van der Waals surface area contributed by atoms with Crippen LogP contribution in [-0.4, -0.2) is 39.9 Å². The van der Waals surface area contributed by atoms with Gasteiger partial charge in [0.05, 0.1) is 0 Å². The number of nitrogens with one attached hydrogen (secondary N) is 1. The molecule has 0 aromatic heterocycles. The molecule has 1 unspecified atom stereocenters. The second-order valence-electron chi connectivity index (χ2n) is 9.25. The number of amides is 3. The number of hydrogen-bond donors (Lipinski definition) is 3. The van der Waals surface area contributed by atoms with Gasteiger partial charge in [0.1, 0.15) is 6.04 Å². The van der Waals surface area contributed by atoms with E-state index in [9.17, 15) is 19.5 Å². The lowest BCUT2D eigenvalue weighted by molar-refractivity contribution is -0.164. The maximum Gasteiger partial charge on any atom is 0.265 e. The summed E-state index contributed by atoms with van der Waals surface area (Å²) in [6.45, 7) is 3.88. The molecule has 0 saturated heterocycles. The smallest absolute Gasteiger partial charge is 0.265 e. The van der Waals surface area contributed by atoms with Crippen molar-refractivity contribution in [1.29, 1.82) is 0 Å². The van der Waals surface area contributed by atoms with Crippen molar-refractivity contribution in [1.82, 2.24) is 4.90 Å². The summed E-state index contributed by atoms with van der Waals surface area (Å²) in [6, 6.07) is 13.9. The molecule has 1 aliphatic heterocycles. The highest BCUT2D eigenvalue weighted by molar-refractivity contribution is 6.10. The summed E-state index contributed by atoms with van der Waals surface area (Å²) in [7, 11) is 0. The van der Waals surface area contributed by atoms with Gasteiger partial charge in [-0.3, -0.25) is 14.4 Å². The number of benzene rings is 2. The number of primary amides is 1. The van der Waals surface area contributed by atoms with Crippen molar-refractivity contribution in [3.63, 3.8) is 0 Å². The molecule has 1 saturated carbocycles. The van der Waals surface area contributed by atoms with Gasteiger partial charge in [0.2, 0.25) is 5.60 Å². The number of nitrogens with two attached hydrogens (primary N) is 1. The molecule has 2 atom stereocenters. The molecule has 7 nitrogen and oxygen atoms in total. The monoisotopic (exact) mass is 435 g/mol. The van der Waals surface area contributed by atoms with Gasteiger partial charge in [0, 0.05) is 17.8 Å². The van der Waals surface area contributed by atoms with Gasteiger partial charge in [-0.2, -0.15) is 0 Å². The second-order valence-corrected chi connectivity index (χ2v) is 9.25. The van der Waals surface area contributed by atoms with E-state index in [1.165, 1.54) is 4.90 Å². The zero-order valence-electron chi connectivity index (χ0n) is 18.4. The number of rotatable bonds is 7. The van der Waals surface area contributed by atoms with Crippen molar-refractivity contribution in [3.8, 4) is 11.1 Å². The molecule has 0 bridgehead atoms. The third kappa shape index (κ3) is 4.00. The zero-order chi connectivity index (χ0) is 23.0. The highest BCUT2D eigenvalue weighted by Gasteiger charge is 2.50. The van der Waals surface area contributed by atoms with Gasteiger partial charge in [-0.25, -0.2) is 0 Å². The SMILES string of the molecule is CC(C)CC(O)(C(N)=O)C(=O)N(CC1CC1)[C@@H]1C(=O)Nc2ccccc2-c2ccccc21. The Bertz CT molecular complexity index is 1060. The predicted molar refractivity (Wildman–Crippen MR) is 121 cm³/mol. The number of anilines is 1. The first-order valence-corrected chi connectivity index (χ1v) is 11.0. The number of carbonyl (C=O) groups excluding carboxylic acids is 3. The van der Waals surface area contributed by atoms with Gasteiger partial charge in [-0.1, -0.05) is 56.3 Å². The zero-order valence-corrected chi connectivity index (χ0v) is 18.4. The predicted octanol–water partition coefficient (Wildman–Crippen LogP) is 2.85. The summed E-state index contributed by atoms with van der Waals surface area (Å²) in [6.07, 6.45) is 1.75. The number of hydrogen-bond acceptors (Lipinski definition) is 4. The Morgan fingerprint density at radius 3 is 2.38 bits per heavy atom. The van der Waals surface area contributed by atoms with Crippen LogP contribution < -0.4 is 11.1 Å². The second kappa shape index (κ2) is 8.39. The summed E-state index contributed by atoms with van der Waals surface area (Å²) in [4.78, 5) is 40.9. The molecule has 1 fully saturated rings. The molecule has 3 amide bonds. The number of fused-ring (bicyclic) bond motifs is 3. The molecule has 7 heteroatoms. The number of carbonyl (C=O) groups is 3. The van der Waals surface area contributed by atoms with Gasteiger partial charge in [0.15, 0.2) is 0 Å². The Labute approximate surface area is 187 Å². The number of aliphatic hydroxyl groups is 1. The minimum Gasteiger partial charge on any atom is -0.372 e. The van der Waals surface area contributed by atoms with Crippen LogP contribution >= 0.6 is 0 Å². The van der Waals surface area contributed by atoms with Gasteiger partial charge < -0.3 is 21.1 Å². The van der Waals surface area contributed by atoms with Crippen LogP contribution in [0.1, 0.15) is 44.7 Å². The Morgan fingerprint density at radius 1 is 1.12 bits per heavy atom. The Morgan fingerprint density at radius 2 is 1.75 bits per heavy atom. The van der Waals surface area contributed by atoms with E-state index in [2.05, 4.69) is 5.32 Å². The lowest BCUT2D eigenvalue weighted by Gasteiger charge is -2.37. The van der Waals surface area contributed by atoms with E-state index in [1.54, 1.807) is 13.8 Å². The molecule has 0 radical (unpaired) electrons. The summed E-state index contributed by atoms with van der Waals surface area (Å²) in [5.74, 6) is -2.22. The first-order valence-electron chi connectivity index (χ1n) is 11.0. The highest BCUT2D eigenvalue weighted by atomic mass is 16.3. The summed E-state index contributed by atoms with van der Waals surface area (Å²) < 4.78 is 0. The number of nitrogens with zero attached hydrogens (tertiary/aromatic N) is 1. The first-order chi connectivity index (χ1) is 15.2. The molecule has 2 aromatic rings. The van der Waals surface area contributed by atoms with E-state index >= 15 is 0 Å². The number of para-hydroxylation sites is 1. The highest BCUT2D eigenvalue weighted by Crippen LogP contribution is 2.42. The minimum absolute atomic E-state index is 0.113. The Hall–Kier alpha value is -3.19. The maximum atomic E-state index is 13.7. The van der Waals surface area contributed by atoms with Crippen molar-refractivity contribution >= 4 is 23.4 Å². The summed E-state index contributed by atoms with van der Waals surface area (Å²) in [5.41, 5.74) is 6.13. The molecule has 2 aromatic carbocycles. The molecule has 1 heterocycles. The average molecular weight is 436 g/mol. The first kappa shape index (κ1) is 22.0. The van der Waals surface area contributed by atoms with E-state index in [1.807, 2.05) is 48.5 Å². The van der Waals surface area contributed by atoms with Crippen LogP contribution in [0.2, 0.25) is 0 Å². The molecule has 2 aliphatic rings. The average Bonchev–Trinajstić information content (AvgIpc) is 3.57. The van der Waals surface area contributed by atoms with Crippen LogP contribution in [0.25, 0.3) is 11.1 Å². The topological polar surface area (TPSA) is 113 Å². The molecule has 32 heavy (non-hydrogen) atoms. The molecule has 168 valence electrons. The summed E-state index contributed by atoms with van der Waals surface area (Å²) >= 11 is 0. The van der Waals surface area contributed by atoms with Crippen LogP contribution in [-0.2, 0) is 14.4 Å². The van der Waals surface area contributed by atoms with Crippen molar-refractivity contribution in [2.45, 2.75) is 44.8 Å². The summed E-state index contributed by atoms with van der Waals surface area (Å²) in [5, 5.41) is 14.1. The van der Waals surface area contributed by atoms with Crippen molar-refractivity contribution < 1.29 is 19.5 Å². The Balaban J connectivity index is 1.84. The normalized spacial score (nSPS) is 19.2. The maximum absolute atomic E-state index is 13.7. The lowest BCUT2D eigenvalue weighted by Crippen LogP contribution is -2.59. The van der Waals surface area contributed by atoms with Crippen LogP contribution in [0, 0.1) is 11.8 Å². The fraction of sp³-hybridized carbons (Fsp3) is 0.400. The fourth-order valence-electron chi connectivity index (χ4n) is 4.47. The molecule has 0 spiro atoms. The van der Waals surface area contributed by atoms with Gasteiger partial charge in [0.25, 0.3) is 17.7 Å². The molecule has 1 aliphatic carbocycles. The van der Waals surface area contributed by atoms with Gasteiger partial charge >= 0.3 is 0 Å². The van der Waals surface area contributed by atoms with Crippen molar-refractivity contribution in [2.24, 2.45) is 17.6 Å². The standard InChI is InChI=1S/C25H29N3O4/c1-15(2)13-25(32,23(26)30)24(31)28(14-16-11-12-16)21-19-9-4-3-7-17(19)18-8-5-6-10-20(18)27-22(21)29/h3-10,15-16,21,32H,11-14H2,1-2H3,(H2,26,30)(H,27,29)/t21-,25?/m0/s1. The van der Waals surface area contributed by atoms with E-state index in [0.717, 1.165) is 24.0 Å². The van der Waals surface area contributed by atoms with E-state index in [4.69, 9.17) is 5.73 Å². The molecular formula is C25H29N3O4. The minimum atomic E-state index is -2.38. The molecular weight excluding hydrogens is 406 g/mol. The quantitative estimate of drug-likeness (QED) is 0.581. The Kier molecular flexibility index (Phi) is 5.77. The van der Waals surface area contributed by atoms with Gasteiger partial charge in [-0.15, -0.1) is 0 Å². The lowest BCUT2D eigenvalue weighted by atomic mass is 9.88. The van der Waals surface area contributed by atoms with Crippen LogP contribution in [0.3, 0.4) is 0 Å². The molecule has 4 rings (SSSR count). The molecule has 4 N–H and O–H groups in total. The van der Waals surface area contributed by atoms with Crippen LogP contribution in [0.5, 0.6) is 0 Å². The van der Waals surface area contributed by atoms with E-state index in [0.29, 0.717) is 11.3 Å². The van der Waals surface area contributed by atoms with Crippen molar-refractivity contribution in [2.75, 3.05) is 11.9 Å². The van der Waals surface area contributed by atoms with Gasteiger partial charge in [-0.05, 0) is 48.3 Å². The van der Waals surface area contributed by atoms with E-state index in [-0.39, 0.29) is 30.7 Å². The van der Waals surface area contributed by atoms with Crippen LogP contribution in [0.15, 0.2) is 48.5 Å².